The number of aromatic nitrogens is 4. The second kappa shape index (κ2) is 6.56. The van der Waals surface area contributed by atoms with Gasteiger partial charge in [-0.3, -0.25) is 0 Å². The van der Waals surface area contributed by atoms with Gasteiger partial charge in [0.05, 0.1) is 0 Å². The van der Waals surface area contributed by atoms with Crippen molar-refractivity contribution in [2.24, 2.45) is 0 Å². The summed E-state index contributed by atoms with van der Waals surface area (Å²) < 4.78 is 1.79. The fraction of sp³-hybridized carbons (Fsp3) is 0.381. The Balaban J connectivity index is 1.54. The Morgan fingerprint density at radius 1 is 1.00 bits per heavy atom. The van der Waals surface area contributed by atoms with Crippen molar-refractivity contribution in [2.75, 3.05) is 18.0 Å². The molecule has 0 aliphatic carbocycles. The molecule has 1 aromatic carbocycles. The minimum Gasteiger partial charge on any atom is -0.341 e. The Bertz CT molecular complexity index is 875. The van der Waals surface area contributed by atoms with E-state index >= 15 is 0 Å². The SMILES string of the molecule is Cc1ccc(C2(C)CCN(c3nc(C)cc(-n4cccn4)n3)CC2)cc1. The monoisotopic (exact) mass is 347 g/mol. The van der Waals surface area contributed by atoms with E-state index in [1.165, 1.54) is 11.1 Å². The van der Waals surface area contributed by atoms with Gasteiger partial charge in [0.1, 0.15) is 0 Å². The van der Waals surface area contributed by atoms with Crippen molar-refractivity contribution < 1.29 is 0 Å². The van der Waals surface area contributed by atoms with Gasteiger partial charge < -0.3 is 4.90 Å². The van der Waals surface area contributed by atoms with E-state index in [1.54, 1.807) is 10.9 Å². The van der Waals surface area contributed by atoms with Crippen molar-refractivity contribution in [1.82, 2.24) is 19.7 Å². The molecule has 0 spiro atoms. The molecule has 134 valence electrons. The van der Waals surface area contributed by atoms with Crippen LogP contribution in [0.1, 0.15) is 36.6 Å². The number of aryl methyl sites for hydroxylation is 2. The summed E-state index contributed by atoms with van der Waals surface area (Å²) in [5.74, 6) is 1.63. The number of benzene rings is 1. The van der Waals surface area contributed by atoms with E-state index < -0.39 is 0 Å². The maximum atomic E-state index is 4.75. The maximum Gasteiger partial charge on any atom is 0.227 e. The van der Waals surface area contributed by atoms with Crippen LogP contribution in [0.2, 0.25) is 0 Å². The van der Waals surface area contributed by atoms with E-state index in [2.05, 4.69) is 53.1 Å². The highest BCUT2D eigenvalue weighted by atomic mass is 15.3. The lowest BCUT2D eigenvalue weighted by molar-refractivity contribution is 0.360. The Hall–Kier alpha value is -2.69. The standard InChI is InChI=1S/C21H25N5/c1-16-5-7-18(8-6-16)21(3)9-13-25(14-10-21)20-23-17(2)15-19(24-20)26-12-4-11-22-26/h4-8,11-12,15H,9-10,13-14H2,1-3H3. The maximum absolute atomic E-state index is 4.75. The van der Waals surface area contributed by atoms with Crippen LogP contribution in [0.4, 0.5) is 5.95 Å². The molecule has 3 aromatic rings. The first-order chi connectivity index (χ1) is 12.5. The molecule has 0 amide bonds. The first-order valence-electron chi connectivity index (χ1n) is 9.21. The van der Waals surface area contributed by atoms with Gasteiger partial charge in [0, 0.05) is 37.2 Å². The Kier molecular flexibility index (Phi) is 4.23. The molecule has 1 aliphatic rings. The molecule has 5 nitrogen and oxygen atoms in total. The number of nitrogens with zero attached hydrogens (tertiary/aromatic N) is 5. The Morgan fingerprint density at radius 2 is 1.73 bits per heavy atom. The van der Waals surface area contributed by atoms with Gasteiger partial charge in [-0.1, -0.05) is 36.8 Å². The molecule has 0 saturated carbocycles. The highest BCUT2D eigenvalue weighted by molar-refractivity contribution is 5.39. The van der Waals surface area contributed by atoms with Gasteiger partial charge in [0.2, 0.25) is 5.95 Å². The van der Waals surface area contributed by atoms with Crippen LogP contribution in [-0.2, 0) is 5.41 Å². The van der Waals surface area contributed by atoms with E-state index in [0.717, 1.165) is 43.4 Å². The quantitative estimate of drug-likeness (QED) is 0.722. The van der Waals surface area contributed by atoms with Gasteiger partial charge in [0.15, 0.2) is 5.82 Å². The fourth-order valence-electron chi connectivity index (χ4n) is 3.64. The summed E-state index contributed by atoms with van der Waals surface area (Å²) in [6.07, 6.45) is 5.89. The van der Waals surface area contributed by atoms with Crippen LogP contribution in [0, 0.1) is 13.8 Å². The Labute approximate surface area is 154 Å². The first-order valence-corrected chi connectivity index (χ1v) is 9.21. The average Bonchev–Trinajstić information content (AvgIpc) is 3.17. The van der Waals surface area contributed by atoms with Crippen LogP contribution in [0.25, 0.3) is 5.82 Å². The predicted molar refractivity (Wildman–Crippen MR) is 104 cm³/mol. The molecule has 0 radical (unpaired) electrons. The van der Waals surface area contributed by atoms with Crippen molar-refractivity contribution >= 4 is 5.95 Å². The van der Waals surface area contributed by atoms with Gasteiger partial charge in [-0.25, -0.2) is 9.67 Å². The third kappa shape index (κ3) is 3.21. The number of piperidine rings is 1. The number of rotatable bonds is 3. The summed E-state index contributed by atoms with van der Waals surface area (Å²) in [6.45, 7) is 8.46. The summed E-state index contributed by atoms with van der Waals surface area (Å²) in [5, 5.41) is 4.29. The molecule has 0 atom stereocenters. The molecule has 5 heteroatoms. The van der Waals surface area contributed by atoms with Gasteiger partial charge in [-0.2, -0.15) is 10.1 Å². The number of hydrogen-bond acceptors (Lipinski definition) is 4. The summed E-state index contributed by atoms with van der Waals surface area (Å²) in [6, 6.07) is 12.9. The summed E-state index contributed by atoms with van der Waals surface area (Å²) in [7, 11) is 0. The number of anilines is 1. The van der Waals surface area contributed by atoms with Crippen LogP contribution in [-0.4, -0.2) is 32.8 Å². The Morgan fingerprint density at radius 3 is 2.38 bits per heavy atom. The van der Waals surface area contributed by atoms with Gasteiger partial charge in [0.25, 0.3) is 0 Å². The zero-order valence-electron chi connectivity index (χ0n) is 15.7. The smallest absolute Gasteiger partial charge is 0.227 e. The van der Waals surface area contributed by atoms with E-state index in [-0.39, 0.29) is 5.41 Å². The molecule has 0 unspecified atom stereocenters. The van der Waals surface area contributed by atoms with Crippen LogP contribution < -0.4 is 4.90 Å². The van der Waals surface area contributed by atoms with Crippen molar-refractivity contribution in [1.29, 1.82) is 0 Å². The van der Waals surface area contributed by atoms with Crippen molar-refractivity contribution in [3.63, 3.8) is 0 Å². The highest BCUT2D eigenvalue weighted by Gasteiger charge is 2.32. The lowest BCUT2D eigenvalue weighted by atomic mass is 9.74. The minimum absolute atomic E-state index is 0.221. The molecule has 0 bridgehead atoms. The summed E-state index contributed by atoms with van der Waals surface area (Å²) in [5.41, 5.74) is 3.94. The lowest BCUT2D eigenvalue weighted by Gasteiger charge is -2.40. The molecule has 3 heterocycles. The van der Waals surface area contributed by atoms with Crippen molar-refractivity contribution in [2.45, 2.75) is 39.0 Å². The average molecular weight is 347 g/mol. The van der Waals surface area contributed by atoms with Gasteiger partial charge in [-0.15, -0.1) is 0 Å². The second-order valence-corrected chi connectivity index (χ2v) is 7.53. The minimum atomic E-state index is 0.221. The molecule has 26 heavy (non-hydrogen) atoms. The van der Waals surface area contributed by atoms with Crippen LogP contribution in [0.15, 0.2) is 48.8 Å². The molecule has 2 aromatic heterocycles. The van der Waals surface area contributed by atoms with E-state index in [4.69, 9.17) is 4.98 Å². The van der Waals surface area contributed by atoms with Crippen LogP contribution in [0.3, 0.4) is 0 Å². The van der Waals surface area contributed by atoms with Crippen molar-refractivity contribution in [3.05, 3.63) is 65.6 Å². The topological polar surface area (TPSA) is 46.8 Å². The molecule has 0 N–H and O–H groups in total. The van der Waals surface area contributed by atoms with Gasteiger partial charge >= 0.3 is 0 Å². The molecular weight excluding hydrogens is 322 g/mol. The van der Waals surface area contributed by atoms with E-state index in [0.29, 0.717) is 0 Å². The predicted octanol–water partition coefficient (Wildman–Crippen LogP) is 3.84. The van der Waals surface area contributed by atoms with Crippen LogP contribution >= 0.6 is 0 Å². The third-order valence-electron chi connectivity index (χ3n) is 5.47. The molecule has 1 fully saturated rings. The molecule has 1 aliphatic heterocycles. The molecular formula is C21H25N5. The summed E-state index contributed by atoms with van der Waals surface area (Å²) >= 11 is 0. The van der Waals surface area contributed by atoms with Gasteiger partial charge in [-0.05, 0) is 43.7 Å². The zero-order valence-corrected chi connectivity index (χ0v) is 15.7. The fourth-order valence-corrected chi connectivity index (χ4v) is 3.64. The zero-order chi connectivity index (χ0) is 18.1. The number of hydrogen-bond donors (Lipinski definition) is 0. The highest BCUT2D eigenvalue weighted by Crippen LogP contribution is 2.36. The third-order valence-corrected chi connectivity index (χ3v) is 5.47. The second-order valence-electron chi connectivity index (χ2n) is 7.53. The largest absolute Gasteiger partial charge is 0.341 e. The van der Waals surface area contributed by atoms with E-state index in [1.807, 2.05) is 25.3 Å². The summed E-state index contributed by atoms with van der Waals surface area (Å²) in [4.78, 5) is 11.7. The van der Waals surface area contributed by atoms with E-state index in [9.17, 15) is 0 Å². The molecule has 1 saturated heterocycles. The lowest BCUT2D eigenvalue weighted by Crippen LogP contribution is -2.41. The first kappa shape index (κ1) is 16.8. The van der Waals surface area contributed by atoms with Crippen molar-refractivity contribution in [3.8, 4) is 5.82 Å². The molecule has 4 rings (SSSR count). The van der Waals surface area contributed by atoms with Crippen LogP contribution in [0.5, 0.6) is 0 Å². The normalized spacial score (nSPS) is 16.7.